The fourth-order valence-corrected chi connectivity index (χ4v) is 5.31. The molecule has 0 aromatic heterocycles. The Morgan fingerprint density at radius 3 is 2.38 bits per heavy atom. The lowest BCUT2D eigenvalue weighted by Gasteiger charge is -2.32. The van der Waals surface area contributed by atoms with Crippen LogP contribution < -0.4 is 5.32 Å². The van der Waals surface area contributed by atoms with Crippen molar-refractivity contribution in [2.75, 3.05) is 39.3 Å². The van der Waals surface area contributed by atoms with Gasteiger partial charge in [0.05, 0.1) is 10.6 Å². The molecule has 26 heavy (non-hydrogen) atoms. The van der Waals surface area contributed by atoms with Gasteiger partial charge in [0.15, 0.2) is 0 Å². The monoisotopic (exact) mass is 433 g/mol. The number of nitrogens with zero attached hydrogens (tertiary/aromatic N) is 2. The van der Waals surface area contributed by atoms with Crippen LogP contribution in [0.4, 0.5) is 13.2 Å². The van der Waals surface area contributed by atoms with E-state index in [2.05, 4.69) is 10.2 Å². The molecule has 0 spiro atoms. The Kier molecular flexibility index (Phi) is 6.85. The molecule has 1 aromatic rings. The zero-order valence-electron chi connectivity index (χ0n) is 13.8. The average Bonchev–Trinajstić information content (AvgIpc) is 3.05. The van der Waals surface area contributed by atoms with E-state index in [4.69, 9.17) is 11.6 Å². The molecule has 0 radical (unpaired) electrons. The minimum Gasteiger partial charge on any atom is -0.314 e. The first-order valence-corrected chi connectivity index (χ1v) is 9.83. The van der Waals surface area contributed by atoms with Crippen molar-refractivity contribution in [3.05, 3.63) is 28.8 Å². The van der Waals surface area contributed by atoms with Crippen LogP contribution in [0.5, 0.6) is 0 Å². The van der Waals surface area contributed by atoms with E-state index in [-0.39, 0.29) is 23.3 Å². The molecular formula is C15H20Cl2F3N3O2S. The van der Waals surface area contributed by atoms with E-state index < -0.39 is 26.8 Å². The van der Waals surface area contributed by atoms with Gasteiger partial charge in [-0.3, -0.25) is 4.90 Å². The molecule has 148 valence electrons. The van der Waals surface area contributed by atoms with Gasteiger partial charge in [0, 0.05) is 45.3 Å². The SMILES string of the molecule is Cl.O=S(=O)(c1ccc(C(F)(F)F)cc1Cl)N1CCC(N2CCNCC2)C1. The van der Waals surface area contributed by atoms with Gasteiger partial charge >= 0.3 is 6.18 Å². The Bertz CT molecular complexity index is 740. The second-order valence-electron chi connectivity index (χ2n) is 6.23. The van der Waals surface area contributed by atoms with Crippen LogP contribution in [0.15, 0.2) is 23.1 Å². The molecule has 1 unspecified atom stereocenters. The quantitative estimate of drug-likeness (QED) is 0.795. The molecule has 11 heteroatoms. The molecule has 5 nitrogen and oxygen atoms in total. The Hall–Kier alpha value is -0.580. The smallest absolute Gasteiger partial charge is 0.314 e. The van der Waals surface area contributed by atoms with E-state index in [1.54, 1.807) is 0 Å². The van der Waals surface area contributed by atoms with Crippen molar-refractivity contribution in [3.8, 4) is 0 Å². The number of hydrogen-bond donors (Lipinski definition) is 1. The van der Waals surface area contributed by atoms with E-state index in [1.807, 2.05) is 0 Å². The van der Waals surface area contributed by atoms with E-state index in [9.17, 15) is 21.6 Å². The molecule has 1 aromatic carbocycles. The van der Waals surface area contributed by atoms with Crippen LogP contribution in [0, 0.1) is 0 Å². The highest BCUT2D eigenvalue weighted by molar-refractivity contribution is 7.89. The summed E-state index contributed by atoms with van der Waals surface area (Å²) < 4.78 is 65.0. The van der Waals surface area contributed by atoms with E-state index in [0.717, 1.165) is 38.3 Å². The van der Waals surface area contributed by atoms with Crippen LogP contribution in [0.25, 0.3) is 0 Å². The molecule has 3 rings (SSSR count). The van der Waals surface area contributed by atoms with Crippen molar-refractivity contribution in [2.45, 2.75) is 23.5 Å². The van der Waals surface area contributed by atoms with Crippen LogP contribution >= 0.6 is 24.0 Å². The Morgan fingerprint density at radius 1 is 1.15 bits per heavy atom. The van der Waals surface area contributed by atoms with Gasteiger partial charge < -0.3 is 5.32 Å². The summed E-state index contributed by atoms with van der Waals surface area (Å²) in [6.45, 7) is 4.13. The normalized spacial score (nSPS) is 23.0. The molecule has 2 heterocycles. The maximum Gasteiger partial charge on any atom is 0.416 e. The van der Waals surface area contributed by atoms with Gasteiger partial charge in [-0.15, -0.1) is 12.4 Å². The van der Waals surface area contributed by atoms with Gasteiger partial charge in [-0.05, 0) is 24.6 Å². The van der Waals surface area contributed by atoms with Crippen LogP contribution in [-0.2, 0) is 16.2 Å². The second-order valence-corrected chi connectivity index (χ2v) is 8.55. The van der Waals surface area contributed by atoms with Crippen molar-refractivity contribution in [3.63, 3.8) is 0 Å². The topological polar surface area (TPSA) is 52.7 Å². The average molecular weight is 434 g/mol. The van der Waals surface area contributed by atoms with Crippen molar-refractivity contribution in [1.29, 1.82) is 0 Å². The highest BCUT2D eigenvalue weighted by Crippen LogP contribution is 2.35. The number of hydrogen-bond acceptors (Lipinski definition) is 4. The van der Waals surface area contributed by atoms with Gasteiger partial charge in [0.2, 0.25) is 10.0 Å². The lowest BCUT2D eigenvalue weighted by molar-refractivity contribution is -0.137. The highest BCUT2D eigenvalue weighted by atomic mass is 35.5. The molecule has 2 saturated heterocycles. The third kappa shape index (κ3) is 4.45. The van der Waals surface area contributed by atoms with Crippen molar-refractivity contribution in [2.24, 2.45) is 0 Å². The van der Waals surface area contributed by atoms with Gasteiger partial charge in [0.1, 0.15) is 4.90 Å². The molecule has 0 aliphatic carbocycles. The summed E-state index contributed by atoms with van der Waals surface area (Å²) in [7, 11) is -3.91. The first-order chi connectivity index (χ1) is 11.7. The predicted molar refractivity (Wildman–Crippen MR) is 95.3 cm³/mol. The van der Waals surface area contributed by atoms with Crippen molar-refractivity contribution >= 4 is 34.0 Å². The van der Waals surface area contributed by atoms with Gasteiger partial charge in [-0.2, -0.15) is 17.5 Å². The van der Waals surface area contributed by atoms with Gasteiger partial charge in [0.25, 0.3) is 0 Å². The minimum absolute atomic E-state index is 0. The molecule has 2 aliphatic rings. The maximum absolute atomic E-state index is 12.8. The van der Waals surface area contributed by atoms with E-state index >= 15 is 0 Å². The number of rotatable bonds is 3. The first-order valence-electron chi connectivity index (χ1n) is 8.01. The highest BCUT2D eigenvalue weighted by Gasteiger charge is 2.37. The zero-order valence-corrected chi connectivity index (χ0v) is 16.2. The van der Waals surface area contributed by atoms with Crippen molar-refractivity contribution < 1.29 is 21.6 Å². The predicted octanol–water partition coefficient (Wildman–Crippen LogP) is 2.45. The molecule has 0 bridgehead atoms. The third-order valence-electron chi connectivity index (χ3n) is 4.67. The third-order valence-corrected chi connectivity index (χ3v) is 7.02. The Labute approximate surface area is 161 Å². The van der Waals surface area contributed by atoms with Crippen LogP contribution in [0.1, 0.15) is 12.0 Å². The van der Waals surface area contributed by atoms with Gasteiger partial charge in [-0.25, -0.2) is 8.42 Å². The minimum atomic E-state index is -4.56. The summed E-state index contributed by atoms with van der Waals surface area (Å²) >= 11 is 5.86. The Balaban J connectivity index is 0.00000243. The number of sulfonamides is 1. The molecule has 0 amide bonds. The summed E-state index contributed by atoms with van der Waals surface area (Å²) in [5.41, 5.74) is -0.962. The van der Waals surface area contributed by atoms with Crippen molar-refractivity contribution in [1.82, 2.24) is 14.5 Å². The molecule has 0 saturated carbocycles. The standard InChI is InChI=1S/C15H19ClF3N3O2S.ClH/c16-13-9-11(15(17,18)19)1-2-14(13)25(23,24)22-6-3-12(10-22)21-7-4-20-5-8-21;/h1-2,9,12,20H,3-8,10H2;1H. The summed E-state index contributed by atoms with van der Waals surface area (Å²) in [5.74, 6) is 0. The summed E-state index contributed by atoms with van der Waals surface area (Å²) in [5, 5.41) is 2.85. The fourth-order valence-electron chi connectivity index (χ4n) is 3.30. The summed E-state index contributed by atoms with van der Waals surface area (Å²) in [6.07, 6.45) is -3.86. The molecule has 1 atom stereocenters. The number of alkyl halides is 3. The summed E-state index contributed by atoms with van der Waals surface area (Å²) in [6, 6.07) is 2.49. The molecular weight excluding hydrogens is 414 g/mol. The van der Waals surface area contributed by atoms with E-state index in [1.165, 1.54) is 4.31 Å². The molecule has 2 fully saturated rings. The zero-order chi connectivity index (χ0) is 18.2. The summed E-state index contributed by atoms with van der Waals surface area (Å²) in [4.78, 5) is 1.98. The largest absolute Gasteiger partial charge is 0.416 e. The Morgan fingerprint density at radius 2 is 1.81 bits per heavy atom. The number of benzene rings is 1. The number of piperazine rings is 1. The van der Waals surface area contributed by atoms with Crippen LogP contribution in [0.2, 0.25) is 5.02 Å². The van der Waals surface area contributed by atoms with Crippen LogP contribution in [-0.4, -0.2) is 62.9 Å². The maximum atomic E-state index is 12.8. The number of nitrogens with one attached hydrogen (secondary N) is 1. The molecule has 2 aliphatic heterocycles. The lowest BCUT2D eigenvalue weighted by atomic mass is 10.2. The fraction of sp³-hybridized carbons (Fsp3) is 0.600. The second kappa shape index (κ2) is 8.20. The first kappa shape index (κ1) is 21.7. The number of halogens is 5. The lowest BCUT2D eigenvalue weighted by Crippen LogP contribution is -2.49. The van der Waals surface area contributed by atoms with Crippen LogP contribution in [0.3, 0.4) is 0 Å². The van der Waals surface area contributed by atoms with Gasteiger partial charge in [-0.1, -0.05) is 11.6 Å². The van der Waals surface area contributed by atoms with E-state index in [0.29, 0.717) is 25.6 Å². The molecule has 1 N–H and O–H groups in total.